The van der Waals surface area contributed by atoms with Crippen molar-refractivity contribution in [3.05, 3.63) is 125 Å². The Hall–Kier alpha value is -4.05. The first-order chi connectivity index (χ1) is 15.8. The van der Waals surface area contributed by atoms with Crippen molar-refractivity contribution in [1.82, 2.24) is 0 Å². The first-order valence-corrected chi connectivity index (χ1v) is 10.6. The molecule has 0 aliphatic heterocycles. The molecule has 4 nitrogen and oxygen atoms in total. The molecule has 0 atom stereocenters. The Balaban J connectivity index is 1.48. The van der Waals surface area contributed by atoms with Gasteiger partial charge in [0.25, 0.3) is 0 Å². The minimum absolute atomic E-state index is 0.463. The van der Waals surface area contributed by atoms with Gasteiger partial charge >= 0.3 is 0 Å². The number of anilines is 1. The van der Waals surface area contributed by atoms with Crippen molar-refractivity contribution in [2.45, 2.75) is 20.1 Å². The van der Waals surface area contributed by atoms with Crippen molar-refractivity contribution in [3.63, 3.8) is 0 Å². The first-order valence-electron chi connectivity index (χ1n) is 10.6. The molecule has 4 aromatic rings. The zero-order valence-electron chi connectivity index (χ0n) is 18.1. The van der Waals surface area contributed by atoms with Gasteiger partial charge in [0.2, 0.25) is 0 Å². The number of ether oxygens (including phenoxy) is 2. The lowest BCUT2D eigenvalue weighted by Crippen LogP contribution is -2.01. The van der Waals surface area contributed by atoms with E-state index in [0.29, 0.717) is 24.7 Å². The van der Waals surface area contributed by atoms with E-state index in [1.807, 2.05) is 103 Å². The Morgan fingerprint density at radius 3 is 1.91 bits per heavy atom. The van der Waals surface area contributed by atoms with E-state index in [0.717, 1.165) is 22.4 Å². The highest BCUT2D eigenvalue weighted by Gasteiger charge is 2.08. The van der Waals surface area contributed by atoms with Gasteiger partial charge in [-0.25, -0.2) is 0 Å². The lowest BCUT2D eigenvalue weighted by Gasteiger charge is -2.14. The van der Waals surface area contributed by atoms with E-state index in [4.69, 9.17) is 9.47 Å². The van der Waals surface area contributed by atoms with Crippen molar-refractivity contribution in [2.75, 3.05) is 5.43 Å². The molecule has 0 unspecified atom stereocenters. The summed E-state index contributed by atoms with van der Waals surface area (Å²) >= 11 is 0. The third kappa shape index (κ3) is 6.22. The van der Waals surface area contributed by atoms with Crippen LogP contribution in [0.5, 0.6) is 11.5 Å². The summed E-state index contributed by atoms with van der Waals surface area (Å²) in [6.07, 6.45) is 1.77. The van der Waals surface area contributed by atoms with E-state index < -0.39 is 0 Å². The molecule has 0 radical (unpaired) electrons. The quantitative estimate of drug-likeness (QED) is 0.244. The van der Waals surface area contributed by atoms with Crippen LogP contribution < -0.4 is 14.9 Å². The SMILES string of the molecule is Cc1ccc(NN=Cc2ccc(OCc3ccccc3)c(OCc3ccccc3)c2)cc1. The van der Waals surface area contributed by atoms with E-state index in [-0.39, 0.29) is 0 Å². The van der Waals surface area contributed by atoms with Crippen molar-refractivity contribution >= 4 is 11.9 Å². The number of nitrogens with one attached hydrogen (secondary N) is 1. The van der Waals surface area contributed by atoms with Crippen LogP contribution >= 0.6 is 0 Å². The molecule has 160 valence electrons. The molecule has 0 spiro atoms. The second-order valence-corrected chi connectivity index (χ2v) is 7.49. The molecular weight excluding hydrogens is 396 g/mol. The average Bonchev–Trinajstić information content (AvgIpc) is 2.84. The minimum Gasteiger partial charge on any atom is -0.485 e. The molecule has 0 aliphatic rings. The van der Waals surface area contributed by atoms with Crippen LogP contribution in [0.3, 0.4) is 0 Å². The molecule has 0 saturated carbocycles. The fourth-order valence-corrected chi connectivity index (χ4v) is 3.12. The van der Waals surface area contributed by atoms with Gasteiger partial charge in [0.15, 0.2) is 11.5 Å². The highest BCUT2D eigenvalue weighted by Crippen LogP contribution is 2.29. The average molecular weight is 423 g/mol. The van der Waals surface area contributed by atoms with Crippen LogP contribution in [-0.2, 0) is 13.2 Å². The highest BCUT2D eigenvalue weighted by molar-refractivity contribution is 5.81. The summed E-state index contributed by atoms with van der Waals surface area (Å²) in [7, 11) is 0. The van der Waals surface area contributed by atoms with Crippen LogP contribution in [0.1, 0.15) is 22.3 Å². The highest BCUT2D eigenvalue weighted by atomic mass is 16.5. The maximum atomic E-state index is 6.12. The molecule has 0 bridgehead atoms. The van der Waals surface area contributed by atoms with Crippen molar-refractivity contribution in [1.29, 1.82) is 0 Å². The number of nitrogens with zero attached hydrogens (tertiary/aromatic N) is 1. The van der Waals surface area contributed by atoms with E-state index >= 15 is 0 Å². The molecule has 4 rings (SSSR count). The lowest BCUT2D eigenvalue weighted by molar-refractivity contribution is 0.256. The monoisotopic (exact) mass is 422 g/mol. The molecule has 4 heteroatoms. The molecule has 1 N–H and O–H groups in total. The lowest BCUT2D eigenvalue weighted by atomic mass is 10.2. The largest absolute Gasteiger partial charge is 0.485 e. The van der Waals surface area contributed by atoms with Gasteiger partial charge in [-0.1, -0.05) is 78.4 Å². The van der Waals surface area contributed by atoms with E-state index in [1.165, 1.54) is 5.56 Å². The van der Waals surface area contributed by atoms with Crippen LogP contribution in [0.2, 0.25) is 0 Å². The topological polar surface area (TPSA) is 42.9 Å². The summed E-state index contributed by atoms with van der Waals surface area (Å²) in [6.45, 7) is 3.00. The number of rotatable bonds is 9. The van der Waals surface area contributed by atoms with Crippen LogP contribution in [0, 0.1) is 6.92 Å². The molecule has 0 saturated heterocycles. The molecule has 0 fully saturated rings. The smallest absolute Gasteiger partial charge is 0.162 e. The predicted molar refractivity (Wildman–Crippen MR) is 130 cm³/mol. The van der Waals surface area contributed by atoms with Gasteiger partial charge < -0.3 is 9.47 Å². The molecule has 4 aromatic carbocycles. The van der Waals surface area contributed by atoms with Crippen molar-refractivity contribution < 1.29 is 9.47 Å². The van der Waals surface area contributed by atoms with Gasteiger partial charge in [0, 0.05) is 0 Å². The number of benzene rings is 4. The molecular formula is C28H26N2O2. The van der Waals surface area contributed by atoms with Crippen LogP contribution in [0.25, 0.3) is 0 Å². The summed E-state index contributed by atoms with van der Waals surface area (Å²) in [5.74, 6) is 1.39. The molecule has 0 aromatic heterocycles. The Kier molecular flexibility index (Phi) is 7.17. The molecule has 0 heterocycles. The normalized spacial score (nSPS) is 10.8. The Labute approximate surface area is 189 Å². The standard InChI is InChI=1S/C28H26N2O2/c1-22-12-15-26(16-13-22)30-29-19-25-14-17-27(31-20-23-8-4-2-5-9-23)28(18-25)32-21-24-10-6-3-7-11-24/h2-19,30H,20-21H2,1H3. The second-order valence-electron chi connectivity index (χ2n) is 7.49. The molecule has 0 aliphatic carbocycles. The maximum Gasteiger partial charge on any atom is 0.162 e. The van der Waals surface area contributed by atoms with Crippen molar-refractivity contribution in [3.8, 4) is 11.5 Å². The summed E-state index contributed by atoms with van der Waals surface area (Å²) in [6, 6.07) is 34.1. The molecule has 32 heavy (non-hydrogen) atoms. The van der Waals surface area contributed by atoms with Crippen LogP contribution in [0.15, 0.2) is 108 Å². The number of hydrazone groups is 1. The van der Waals surface area contributed by atoms with Gasteiger partial charge in [-0.2, -0.15) is 5.10 Å². The third-order valence-electron chi connectivity index (χ3n) is 4.90. The minimum atomic E-state index is 0.463. The zero-order valence-corrected chi connectivity index (χ0v) is 18.1. The predicted octanol–water partition coefficient (Wildman–Crippen LogP) is 6.60. The van der Waals surface area contributed by atoms with Crippen molar-refractivity contribution in [2.24, 2.45) is 5.10 Å². The van der Waals surface area contributed by atoms with E-state index in [9.17, 15) is 0 Å². The Morgan fingerprint density at radius 1 is 0.688 bits per heavy atom. The fourth-order valence-electron chi connectivity index (χ4n) is 3.12. The zero-order chi connectivity index (χ0) is 22.0. The van der Waals surface area contributed by atoms with Gasteiger partial charge in [0.1, 0.15) is 13.2 Å². The number of hydrogen-bond donors (Lipinski definition) is 1. The Bertz CT molecular complexity index is 1140. The van der Waals surface area contributed by atoms with E-state index in [1.54, 1.807) is 6.21 Å². The number of aryl methyl sites for hydroxylation is 1. The van der Waals surface area contributed by atoms with E-state index in [2.05, 4.69) is 17.5 Å². The fraction of sp³-hybridized carbons (Fsp3) is 0.107. The van der Waals surface area contributed by atoms with Crippen LogP contribution in [0.4, 0.5) is 5.69 Å². The van der Waals surface area contributed by atoms with Gasteiger partial charge in [-0.3, -0.25) is 5.43 Å². The summed E-state index contributed by atoms with van der Waals surface area (Å²) in [5, 5.41) is 4.35. The molecule has 0 amide bonds. The second kappa shape index (κ2) is 10.8. The summed E-state index contributed by atoms with van der Waals surface area (Å²) in [4.78, 5) is 0. The number of hydrogen-bond acceptors (Lipinski definition) is 4. The maximum absolute atomic E-state index is 6.12. The van der Waals surface area contributed by atoms with Gasteiger partial charge in [0.05, 0.1) is 11.9 Å². The summed E-state index contributed by atoms with van der Waals surface area (Å²) in [5.41, 5.74) is 8.33. The van der Waals surface area contributed by atoms with Crippen LogP contribution in [-0.4, -0.2) is 6.21 Å². The van der Waals surface area contributed by atoms with Gasteiger partial charge in [-0.15, -0.1) is 0 Å². The Morgan fingerprint density at radius 2 is 1.28 bits per heavy atom. The first kappa shape index (κ1) is 21.2. The van der Waals surface area contributed by atoms with Gasteiger partial charge in [-0.05, 0) is 53.9 Å². The third-order valence-corrected chi connectivity index (χ3v) is 4.90. The summed E-state index contributed by atoms with van der Waals surface area (Å²) < 4.78 is 12.2.